The number of pyridine rings is 1. The molecule has 4 rings (SSSR count). The molecule has 0 bridgehead atoms. The van der Waals surface area contributed by atoms with Crippen LogP contribution in [0.4, 0.5) is 11.4 Å². The Kier molecular flexibility index (Phi) is 7.27. The van der Waals surface area contributed by atoms with Gasteiger partial charge in [0.05, 0.1) is 37.3 Å². The molecule has 1 unspecified atom stereocenters. The predicted octanol–water partition coefficient (Wildman–Crippen LogP) is 4.63. The van der Waals surface area contributed by atoms with E-state index >= 15 is 0 Å². The van der Waals surface area contributed by atoms with Crippen molar-refractivity contribution in [1.82, 2.24) is 9.55 Å². The fourth-order valence-corrected chi connectivity index (χ4v) is 4.05. The van der Waals surface area contributed by atoms with Gasteiger partial charge in [-0.05, 0) is 44.9 Å². The smallest absolute Gasteiger partial charge is 0.356 e. The zero-order valence-electron chi connectivity index (χ0n) is 19.8. The first-order chi connectivity index (χ1) is 16.5. The van der Waals surface area contributed by atoms with Crippen molar-refractivity contribution in [3.05, 3.63) is 65.5 Å². The van der Waals surface area contributed by atoms with Gasteiger partial charge in [0.15, 0.2) is 5.69 Å². The Morgan fingerprint density at radius 1 is 1.29 bits per heavy atom. The number of allylic oxidation sites excluding steroid dienone is 1. The fourth-order valence-electron chi connectivity index (χ4n) is 4.05. The number of esters is 1. The minimum absolute atomic E-state index is 0.0337. The van der Waals surface area contributed by atoms with E-state index in [2.05, 4.69) is 15.6 Å². The number of ether oxygens (including phenoxy) is 2. The maximum Gasteiger partial charge on any atom is 0.356 e. The SMILES string of the molecule is CC=C(C)CNc1cnc2c(c1)c(NC(=O)c1ccccc1)c(C(=O)OC)n2CC1CCCO1. The molecule has 0 aliphatic carbocycles. The normalized spacial score (nSPS) is 16.0. The van der Waals surface area contributed by atoms with Crippen LogP contribution in [0.2, 0.25) is 0 Å². The third-order valence-corrected chi connectivity index (χ3v) is 6.03. The summed E-state index contributed by atoms with van der Waals surface area (Å²) >= 11 is 0. The molecule has 0 saturated carbocycles. The third-order valence-electron chi connectivity index (χ3n) is 6.03. The highest BCUT2D eigenvalue weighted by atomic mass is 16.5. The summed E-state index contributed by atoms with van der Waals surface area (Å²) in [5, 5.41) is 6.96. The summed E-state index contributed by atoms with van der Waals surface area (Å²) in [5.74, 6) is -0.858. The summed E-state index contributed by atoms with van der Waals surface area (Å²) in [6.45, 7) is 5.83. The van der Waals surface area contributed by atoms with Crippen molar-refractivity contribution in [2.24, 2.45) is 0 Å². The van der Waals surface area contributed by atoms with E-state index in [1.54, 1.807) is 35.0 Å². The number of hydrogen-bond acceptors (Lipinski definition) is 6. The molecule has 0 spiro atoms. The van der Waals surface area contributed by atoms with E-state index in [0.29, 0.717) is 42.0 Å². The Morgan fingerprint density at radius 2 is 2.09 bits per heavy atom. The van der Waals surface area contributed by atoms with Crippen LogP contribution < -0.4 is 10.6 Å². The summed E-state index contributed by atoms with van der Waals surface area (Å²) in [7, 11) is 1.33. The first kappa shape index (κ1) is 23.5. The van der Waals surface area contributed by atoms with Crippen LogP contribution in [0.25, 0.3) is 11.0 Å². The van der Waals surface area contributed by atoms with Gasteiger partial charge < -0.3 is 24.7 Å². The molecule has 34 heavy (non-hydrogen) atoms. The van der Waals surface area contributed by atoms with Crippen molar-refractivity contribution in [2.45, 2.75) is 39.3 Å². The van der Waals surface area contributed by atoms with E-state index in [0.717, 1.165) is 18.5 Å². The zero-order chi connectivity index (χ0) is 24.1. The molecule has 1 fully saturated rings. The van der Waals surface area contributed by atoms with Crippen molar-refractivity contribution < 1.29 is 19.1 Å². The van der Waals surface area contributed by atoms with Gasteiger partial charge in [0.25, 0.3) is 5.91 Å². The molecule has 178 valence electrons. The van der Waals surface area contributed by atoms with Crippen LogP contribution in [0.3, 0.4) is 0 Å². The second-order valence-corrected chi connectivity index (χ2v) is 8.36. The van der Waals surface area contributed by atoms with Crippen molar-refractivity contribution in [3.63, 3.8) is 0 Å². The van der Waals surface area contributed by atoms with Crippen LogP contribution in [-0.2, 0) is 16.0 Å². The van der Waals surface area contributed by atoms with E-state index in [1.165, 1.54) is 12.7 Å². The highest BCUT2D eigenvalue weighted by Crippen LogP contribution is 2.34. The lowest BCUT2D eigenvalue weighted by Gasteiger charge is -2.14. The Labute approximate surface area is 199 Å². The van der Waals surface area contributed by atoms with E-state index in [9.17, 15) is 9.59 Å². The molecule has 3 aromatic rings. The van der Waals surface area contributed by atoms with Crippen LogP contribution in [0.15, 0.2) is 54.2 Å². The highest BCUT2D eigenvalue weighted by molar-refractivity contribution is 6.14. The van der Waals surface area contributed by atoms with Gasteiger partial charge >= 0.3 is 5.97 Å². The number of hydrogen-bond donors (Lipinski definition) is 2. The van der Waals surface area contributed by atoms with Gasteiger partial charge in [0, 0.05) is 24.1 Å². The number of aromatic nitrogens is 2. The van der Waals surface area contributed by atoms with Gasteiger partial charge in [-0.25, -0.2) is 9.78 Å². The lowest BCUT2D eigenvalue weighted by molar-refractivity contribution is 0.0580. The topological polar surface area (TPSA) is 94.5 Å². The molecule has 1 atom stereocenters. The minimum Gasteiger partial charge on any atom is -0.464 e. The highest BCUT2D eigenvalue weighted by Gasteiger charge is 2.29. The van der Waals surface area contributed by atoms with Gasteiger partial charge in [0.1, 0.15) is 5.65 Å². The van der Waals surface area contributed by atoms with Gasteiger partial charge in [-0.1, -0.05) is 29.8 Å². The van der Waals surface area contributed by atoms with E-state index in [-0.39, 0.29) is 17.7 Å². The van der Waals surface area contributed by atoms with Crippen LogP contribution in [0.5, 0.6) is 0 Å². The number of anilines is 2. The lowest BCUT2D eigenvalue weighted by Crippen LogP contribution is -2.21. The summed E-state index contributed by atoms with van der Waals surface area (Å²) in [4.78, 5) is 30.7. The molecule has 1 amide bonds. The monoisotopic (exact) mass is 462 g/mol. The standard InChI is InChI=1S/C26H30N4O4/c1-4-17(2)14-27-19-13-21-22(29-25(31)18-9-6-5-7-10-18)23(26(32)33-3)30(24(21)28-15-19)16-20-11-8-12-34-20/h4-7,9-10,13,15,20,27H,8,11-12,14,16H2,1-3H3,(H,29,31). The van der Waals surface area contributed by atoms with Crippen LogP contribution in [-0.4, -0.2) is 47.8 Å². The Morgan fingerprint density at radius 3 is 2.76 bits per heavy atom. The van der Waals surface area contributed by atoms with Crippen molar-refractivity contribution in [1.29, 1.82) is 0 Å². The molecule has 8 nitrogen and oxygen atoms in total. The molecule has 1 saturated heterocycles. The minimum atomic E-state index is -0.543. The molecule has 1 aromatic carbocycles. The van der Waals surface area contributed by atoms with Crippen molar-refractivity contribution in [3.8, 4) is 0 Å². The lowest BCUT2D eigenvalue weighted by atomic mass is 10.2. The summed E-state index contributed by atoms with van der Waals surface area (Å²) in [6.07, 6.45) is 5.61. The maximum absolute atomic E-state index is 13.1. The van der Waals surface area contributed by atoms with Gasteiger partial charge in [-0.2, -0.15) is 0 Å². The quantitative estimate of drug-likeness (QED) is 0.374. The maximum atomic E-state index is 13.1. The third kappa shape index (κ3) is 4.97. The molecule has 2 N–H and O–H groups in total. The molecule has 0 radical (unpaired) electrons. The van der Waals surface area contributed by atoms with Crippen LogP contribution in [0, 0.1) is 0 Å². The van der Waals surface area contributed by atoms with Gasteiger partial charge in [-0.15, -0.1) is 0 Å². The van der Waals surface area contributed by atoms with E-state index in [4.69, 9.17) is 9.47 Å². The average Bonchev–Trinajstić information content (AvgIpc) is 3.49. The van der Waals surface area contributed by atoms with E-state index < -0.39 is 5.97 Å². The zero-order valence-corrected chi connectivity index (χ0v) is 19.8. The first-order valence-corrected chi connectivity index (χ1v) is 11.5. The number of methoxy groups -OCH3 is 1. The summed E-state index contributed by atoms with van der Waals surface area (Å²) in [5.41, 5.74) is 3.69. The fraction of sp³-hybridized carbons (Fsp3) is 0.346. The van der Waals surface area contributed by atoms with E-state index in [1.807, 2.05) is 32.1 Å². The van der Waals surface area contributed by atoms with Crippen molar-refractivity contribution >= 4 is 34.3 Å². The predicted molar refractivity (Wildman–Crippen MR) is 132 cm³/mol. The van der Waals surface area contributed by atoms with Gasteiger partial charge in [0.2, 0.25) is 0 Å². The van der Waals surface area contributed by atoms with Crippen molar-refractivity contribution in [2.75, 3.05) is 30.9 Å². The number of nitrogens with zero attached hydrogens (tertiary/aromatic N) is 2. The largest absolute Gasteiger partial charge is 0.464 e. The number of nitrogens with one attached hydrogen (secondary N) is 2. The Bertz CT molecular complexity index is 1210. The molecule has 8 heteroatoms. The number of amides is 1. The molecule has 2 aromatic heterocycles. The number of benzene rings is 1. The van der Waals surface area contributed by atoms with Crippen LogP contribution >= 0.6 is 0 Å². The Balaban J connectivity index is 1.82. The first-order valence-electron chi connectivity index (χ1n) is 11.5. The number of fused-ring (bicyclic) bond motifs is 1. The Hall–Kier alpha value is -3.65. The number of carbonyl (C=O) groups is 2. The molecule has 1 aliphatic rings. The average molecular weight is 463 g/mol. The number of carbonyl (C=O) groups excluding carboxylic acids is 2. The molecule has 1 aliphatic heterocycles. The molecular weight excluding hydrogens is 432 g/mol. The molecule has 3 heterocycles. The second kappa shape index (κ2) is 10.5. The van der Waals surface area contributed by atoms with Crippen LogP contribution in [0.1, 0.15) is 47.5 Å². The van der Waals surface area contributed by atoms with Gasteiger partial charge in [-0.3, -0.25) is 4.79 Å². The summed E-state index contributed by atoms with van der Waals surface area (Å²) in [6, 6.07) is 10.8. The molecular formula is C26H30N4O4. The second-order valence-electron chi connectivity index (χ2n) is 8.36. The number of rotatable bonds is 8. The summed E-state index contributed by atoms with van der Waals surface area (Å²) < 4.78 is 12.8.